The minimum Gasteiger partial charge on any atom is -0.488 e. The van der Waals surface area contributed by atoms with E-state index in [1.807, 2.05) is 11.0 Å². The molecule has 3 aromatic rings. The fourth-order valence-electron chi connectivity index (χ4n) is 4.55. The third-order valence-electron chi connectivity index (χ3n) is 6.09. The molecule has 1 unspecified atom stereocenters. The lowest BCUT2D eigenvalue weighted by Gasteiger charge is -2.29. The molecule has 0 spiro atoms. The van der Waals surface area contributed by atoms with E-state index in [-0.39, 0.29) is 25.7 Å². The number of hydrogen-bond acceptors (Lipinski definition) is 6. The maximum Gasteiger partial charge on any atom is 0.341 e. The topological polar surface area (TPSA) is 65.3 Å². The fraction of sp³-hybridized carbons (Fsp3) is 0.417. The first-order chi connectivity index (χ1) is 16.0. The number of anilines is 1. The Kier molecular flexibility index (Phi) is 5.88. The van der Waals surface area contributed by atoms with E-state index in [4.69, 9.17) is 14.2 Å². The first-order valence-corrected chi connectivity index (χ1v) is 11.1. The van der Waals surface area contributed by atoms with Crippen molar-refractivity contribution in [1.29, 1.82) is 0 Å². The number of nitrogens with zero attached hydrogens (tertiary/aromatic N) is 3. The molecule has 7 nitrogen and oxygen atoms in total. The summed E-state index contributed by atoms with van der Waals surface area (Å²) in [5.41, 5.74) is 2.20. The zero-order valence-electron chi connectivity index (χ0n) is 18.2. The van der Waals surface area contributed by atoms with Crippen molar-refractivity contribution >= 4 is 17.2 Å². The van der Waals surface area contributed by atoms with Gasteiger partial charge in [-0.1, -0.05) is 0 Å². The first kappa shape index (κ1) is 21.6. The Morgan fingerprint density at radius 1 is 1.30 bits per heavy atom. The number of benzene rings is 1. The molecule has 2 fully saturated rings. The Bertz CT molecular complexity index is 1160. The van der Waals surface area contributed by atoms with Crippen LogP contribution < -0.4 is 9.64 Å². The highest BCUT2D eigenvalue weighted by Crippen LogP contribution is 2.42. The third-order valence-corrected chi connectivity index (χ3v) is 6.09. The molecule has 0 saturated carbocycles. The van der Waals surface area contributed by atoms with Crippen molar-refractivity contribution < 1.29 is 27.8 Å². The van der Waals surface area contributed by atoms with Gasteiger partial charge in [-0.05, 0) is 37.3 Å². The molecule has 3 atom stereocenters. The van der Waals surface area contributed by atoms with Crippen LogP contribution in [0.1, 0.15) is 41.7 Å². The summed E-state index contributed by atoms with van der Waals surface area (Å²) in [5.74, 6) is -0.336. The molecule has 33 heavy (non-hydrogen) atoms. The molecule has 2 aromatic heterocycles. The minimum absolute atomic E-state index is 0.111. The van der Waals surface area contributed by atoms with E-state index in [2.05, 4.69) is 5.10 Å². The van der Waals surface area contributed by atoms with Crippen molar-refractivity contribution in [2.45, 2.75) is 38.1 Å². The first-order valence-electron chi connectivity index (χ1n) is 11.1. The van der Waals surface area contributed by atoms with Crippen LogP contribution >= 0.6 is 0 Å². The molecule has 0 amide bonds. The van der Waals surface area contributed by atoms with Crippen LogP contribution in [-0.2, 0) is 9.47 Å². The average Bonchev–Trinajstić information content (AvgIpc) is 3.54. The highest BCUT2D eigenvalue weighted by Gasteiger charge is 2.36. The van der Waals surface area contributed by atoms with Crippen LogP contribution in [0.2, 0.25) is 0 Å². The maximum absolute atomic E-state index is 14.7. The summed E-state index contributed by atoms with van der Waals surface area (Å²) in [6.45, 7) is 3.23. The Labute approximate surface area is 189 Å². The second kappa shape index (κ2) is 8.97. The van der Waals surface area contributed by atoms with Gasteiger partial charge in [0.1, 0.15) is 29.4 Å². The van der Waals surface area contributed by atoms with Gasteiger partial charge in [-0.15, -0.1) is 0 Å². The molecule has 9 heteroatoms. The second-order valence-corrected chi connectivity index (χ2v) is 8.28. The largest absolute Gasteiger partial charge is 0.488 e. The van der Waals surface area contributed by atoms with E-state index in [1.165, 1.54) is 18.3 Å². The molecule has 1 aromatic carbocycles. The van der Waals surface area contributed by atoms with Crippen LogP contribution in [0.4, 0.5) is 14.5 Å². The summed E-state index contributed by atoms with van der Waals surface area (Å²) in [4.78, 5) is 14.2. The quantitative estimate of drug-likeness (QED) is 0.519. The molecule has 2 saturated heterocycles. The number of aromatic nitrogens is 2. The van der Waals surface area contributed by atoms with Gasteiger partial charge in [-0.2, -0.15) is 5.10 Å². The van der Waals surface area contributed by atoms with Crippen LogP contribution in [0.5, 0.6) is 5.75 Å². The second-order valence-electron chi connectivity index (χ2n) is 8.28. The lowest BCUT2D eigenvalue weighted by atomic mass is 10.0. The van der Waals surface area contributed by atoms with Gasteiger partial charge in [0, 0.05) is 36.8 Å². The minimum atomic E-state index is -1.09. The van der Waals surface area contributed by atoms with Crippen LogP contribution in [-0.4, -0.2) is 54.2 Å². The summed E-state index contributed by atoms with van der Waals surface area (Å²) < 4.78 is 47.2. The number of hydrogen-bond donors (Lipinski definition) is 0. The maximum atomic E-state index is 14.7. The van der Waals surface area contributed by atoms with Gasteiger partial charge >= 0.3 is 5.97 Å². The molecular weight excluding hydrogens is 432 g/mol. The molecule has 4 heterocycles. The number of esters is 1. The van der Waals surface area contributed by atoms with Gasteiger partial charge in [-0.25, -0.2) is 18.1 Å². The number of alkyl halides is 1. The number of rotatable bonds is 6. The van der Waals surface area contributed by atoms with Gasteiger partial charge < -0.3 is 19.1 Å². The van der Waals surface area contributed by atoms with Gasteiger partial charge in [0.15, 0.2) is 0 Å². The molecule has 2 aliphatic heterocycles. The molecule has 5 rings (SSSR count). The van der Waals surface area contributed by atoms with E-state index in [9.17, 15) is 13.6 Å². The van der Waals surface area contributed by atoms with E-state index in [0.717, 1.165) is 6.42 Å². The smallest absolute Gasteiger partial charge is 0.341 e. The van der Waals surface area contributed by atoms with Crippen molar-refractivity contribution in [2.24, 2.45) is 0 Å². The van der Waals surface area contributed by atoms with Crippen LogP contribution in [0.15, 0.2) is 42.7 Å². The Balaban J connectivity index is 1.51. The molecule has 0 N–H and O–H groups in total. The lowest BCUT2D eigenvalue weighted by molar-refractivity contribution is 0.0528. The third kappa shape index (κ3) is 4.25. The highest BCUT2D eigenvalue weighted by molar-refractivity contribution is 5.97. The average molecular weight is 457 g/mol. The SMILES string of the molecule is CCOC(=O)c1cnn2ccc(N3C[C@@H](F)C[C@@H]3c3cc(F)ccc3OC3CCOC3)cc12. The molecule has 174 valence electrons. The van der Waals surface area contributed by atoms with Gasteiger partial charge in [0.05, 0.1) is 37.6 Å². The number of fused-ring (bicyclic) bond motifs is 1. The lowest BCUT2D eigenvalue weighted by Crippen LogP contribution is -2.25. The highest BCUT2D eigenvalue weighted by atomic mass is 19.1. The molecule has 0 aliphatic carbocycles. The van der Waals surface area contributed by atoms with Gasteiger partial charge in [0.2, 0.25) is 0 Å². The monoisotopic (exact) mass is 457 g/mol. The summed E-state index contributed by atoms with van der Waals surface area (Å²) in [5, 5.41) is 4.21. The summed E-state index contributed by atoms with van der Waals surface area (Å²) in [6, 6.07) is 7.54. The van der Waals surface area contributed by atoms with Crippen LogP contribution in [0.3, 0.4) is 0 Å². The Hall–Kier alpha value is -3.20. The van der Waals surface area contributed by atoms with E-state index in [0.29, 0.717) is 41.3 Å². The number of halogens is 2. The van der Waals surface area contributed by atoms with Crippen molar-refractivity contribution in [3.8, 4) is 5.75 Å². The molecule has 0 radical (unpaired) electrons. The zero-order valence-corrected chi connectivity index (χ0v) is 18.2. The summed E-state index contributed by atoms with van der Waals surface area (Å²) in [7, 11) is 0. The van der Waals surface area contributed by atoms with Crippen molar-refractivity contribution in [3.63, 3.8) is 0 Å². The fourth-order valence-corrected chi connectivity index (χ4v) is 4.55. The Morgan fingerprint density at radius 2 is 2.18 bits per heavy atom. The van der Waals surface area contributed by atoms with E-state index >= 15 is 0 Å². The van der Waals surface area contributed by atoms with E-state index < -0.39 is 24.0 Å². The van der Waals surface area contributed by atoms with Crippen LogP contribution in [0, 0.1) is 5.82 Å². The van der Waals surface area contributed by atoms with E-state index in [1.54, 1.807) is 29.8 Å². The number of carbonyl (C=O) groups is 1. The molecular formula is C24H25F2N3O4. The van der Waals surface area contributed by atoms with Gasteiger partial charge in [0.25, 0.3) is 0 Å². The normalized spacial score (nSPS) is 22.8. The van der Waals surface area contributed by atoms with Gasteiger partial charge in [-0.3, -0.25) is 0 Å². The zero-order chi connectivity index (χ0) is 22.9. The van der Waals surface area contributed by atoms with Crippen LogP contribution in [0.25, 0.3) is 5.52 Å². The summed E-state index contributed by atoms with van der Waals surface area (Å²) >= 11 is 0. The van der Waals surface area contributed by atoms with Crippen molar-refractivity contribution in [3.05, 3.63) is 59.7 Å². The number of carbonyl (C=O) groups excluding carboxylic acids is 1. The Morgan fingerprint density at radius 3 is 2.97 bits per heavy atom. The predicted octanol–water partition coefficient (Wildman–Crippen LogP) is 4.11. The predicted molar refractivity (Wildman–Crippen MR) is 117 cm³/mol. The molecule has 2 aliphatic rings. The number of ether oxygens (including phenoxy) is 3. The molecule has 0 bridgehead atoms. The number of pyridine rings is 1. The van der Waals surface area contributed by atoms with Crippen molar-refractivity contribution in [2.75, 3.05) is 31.3 Å². The summed E-state index contributed by atoms with van der Waals surface area (Å²) in [6.07, 6.45) is 2.93. The standard InChI is InChI=1S/C24H25F2N3O4/c1-2-32-24(30)20-12-27-29-7-5-17(11-22(20)29)28-13-16(26)10-21(28)19-9-15(25)3-4-23(19)33-18-6-8-31-14-18/h3-5,7,9,11-12,16,18,21H,2,6,8,10,13-14H2,1H3/t16-,18?,21+/m0/s1. The van der Waals surface area contributed by atoms with Crippen molar-refractivity contribution in [1.82, 2.24) is 9.61 Å².